The Kier molecular flexibility index (Phi) is 79.7. The van der Waals surface area contributed by atoms with Crippen molar-refractivity contribution in [1.82, 2.24) is 0 Å². The molecule has 0 aromatic heterocycles. The van der Waals surface area contributed by atoms with Crippen LogP contribution in [0.25, 0.3) is 0 Å². The van der Waals surface area contributed by atoms with Crippen LogP contribution in [-0.4, -0.2) is 25.5 Å². The molecule has 78 valence electrons. The average molecular weight is 275 g/mol. The smallest absolute Gasteiger partial charge is 0.543 e. The van der Waals surface area contributed by atoms with Crippen molar-refractivity contribution < 1.29 is 63.5 Å². The van der Waals surface area contributed by atoms with Gasteiger partial charge in [-0.3, -0.25) is 0 Å². The maximum atomic E-state index is 8.93. The predicted molar refractivity (Wildman–Crippen MR) is 24.3 cm³/mol. The van der Waals surface area contributed by atoms with Gasteiger partial charge >= 0.3 is 34.1 Å². The fraction of sp³-hybridized carbons (Fsp3) is 0. The van der Waals surface area contributed by atoms with Gasteiger partial charge < -0.3 is 29.4 Å². The third-order valence-corrected chi connectivity index (χ3v) is 0.167. The fourth-order valence-corrected chi connectivity index (χ4v) is 0. The third-order valence-electron chi connectivity index (χ3n) is 0.167. The molecule has 0 rings (SSSR count). The monoisotopic (exact) mass is 274 g/mol. The first-order chi connectivity index (χ1) is 4.64. The SMILES string of the molecule is C=O.C=O.O=C([O-])C(=O)[O-].[Cu+].[Cu+]. The van der Waals surface area contributed by atoms with Crippen molar-refractivity contribution in [2.75, 3.05) is 0 Å². The van der Waals surface area contributed by atoms with E-state index in [-0.39, 0.29) is 34.1 Å². The normalized spacial score (nSPS) is 4.33. The molecule has 8 heteroatoms. The molecule has 0 aromatic rings. The Morgan fingerprint density at radius 3 is 0.833 bits per heavy atom. The quantitative estimate of drug-likeness (QED) is 0.330. The molecule has 0 atom stereocenters. The van der Waals surface area contributed by atoms with E-state index in [2.05, 4.69) is 0 Å². The van der Waals surface area contributed by atoms with Crippen molar-refractivity contribution in [3.63, 3.8) is 0 Å². The van der Waals surface area contributed by atoms with Crippen molar-refractivity contribution in [2.45, 2.75) is 0 Å². The Labute approximate surface area is 89.3 Å². The van der Waals surface area contributed by atoms with Gasteiger partial charge in [0.2, 0.25) is 0 Å². The topological polar surface area (TPSA) is 114 Å². The van der Waals surface area contributed by atoms with Gasteiger partial charge in [0.15, 0.2) is 0 Å². The number of carboxylic acid groups (broad SMARTS) is 2. The number of carbonyl (C=O) groups excluding carboxylic acids is 4. The summed E-state index contributed by atoms with van der Waals surface area (Å²) in [6.07, 6.45) is 0. The number of rotatable bonds is 0. The molecular formula is C4H4Cu2O6. The molecule has 0 fully saturated rings. The van der Waals surface area contributed by atoms with E-state index in [1.165, 1.54) is 0 Å². The molecule has 0 saturated carbocycles. The molecule has 6 nitrogen and oxygen atoms in total. The maximum Gasteiger partial charge on any atom is 1.00 e. The number of hydrogen-bond acceptors (Lipinski definition) is 6. The van der Waals surface area contributed by atoms with E-state index in [4.69, 9.17) is 29.4 Å². The van der Waals surface area contributed by atoms with Crippen molar-refractivity contribution in [3.8, 4) is 0 Å². The van der Waals surface area contributed by atoms with Crippen LogP contribution >= 0.6 is 0 Å². The second-order valence-electron chi connectivity index (χ2n) is 0.575. The molecule has 0 spiro atoms. The third kappa shape index (κ3) is 58.5. The van der Waals surface area contributed by atoms with E-state index in [1.807, 2.05) is 13.6 Å². The maximum absolute atomic E-state index is 8.93. The van der Waals surface area contributed by atoms with E-state index in [0.29, 0.717) is 0 Å². The molecule has 0 unspecified atom stereocenters. The van der Waals surface area contributed by atoms with E-state index >= 15 is 0 Å². The summed E-state index contributed by atoms with van der Waals surface area (Å²) in [6.45, 7) is 4.00. The average Bonchev–Trinajstić information content (AvgIpc) is 1.96. The summed E-state index contributed by atoms with van der Waals surface area (Å²) in [4.78, 5) is 33.9. The first-order valence-corrected chi connectivity index (χ1v) is 1.64. The van der Waals surface area contributed by atoms with Crippen LogP contribution in [0.2, 0.25) is 0 Å². The number of hydrogen-bond donors (Lipinski definition) is 0. The van der Waals surface area contributed by atoms with Crippen molar-refractivity contribution in [1.29, 1.82) is 0 Å². The van der Waals surface area contributed by atoms with E-state index in [0.717, 1.165) is 0 Å². The zero-order chi connectivity index (χ0) is 9.15. The summed E-state index contributed by atoms with van der Waals surface area (Å²) in [5.74, 6) is -4.37. The molecular weight excluding hydrogens is 271 g/mol. The minimum absolute atomic E-state index is 0. The van der Waals surface area contributed by atoms with Crippen molar-refractivity contribution in [2.24, 2.45) is 0 Å². The van der Waals surface area contributed by atoms with Gasteiger partial charge in [0, 0.05) is 0 Å². The van der Waals surface area contributed by atoms with E-state index in [9.17, 15) is 0 Å². The molecule has 0 aromatic carbocycles. The van der Waals surface area contributed by atoms with Crippen molar-refractivity contribution in [3.05, 3.63) is 0 Å². The Balaban J connectivity index is -0.0000000241. The Morgan fingerprint density at radius 1 is 0.750 bits per heavy atom. The molecule has 0 aliphatic rings. The zero-order valence-electron chi connectivity index (χ0n) is 5.47. The van der Waals surface area contributed by atoms with Gasteiger partial charge in [-0.15, -0.1) is 0 Å². The van der Waals surface area contributed by atoms with Crippen LogP contribution < -0.4 is 10.2 Å². The molecule has 0 saturated heterocycles. The van der Waals surface area contributed by atoms with Crippen LogP contribution in [0.5, 0.6) is 0 Å². The number of carbonyl (C=O) groups is 4. The zero-order valence-corrected chi connectivity index (χ0v) is 7.35. The van der Waals surface area contributed by atoms with Gasteiger partial charge in [0.1, 0.15) is 13.6 Å². The van der Waals surface area contributed by atoms with Crippen molar-refractivity contribution >= 4 is 25.5 Å². The minimum atomic E-state index is -2.19. The molecule has 0 heterocycles. The summed E-state index contributed by atoms with van der Waals surface area (Å²) >= 11 is 0. The molecule has 0 N–H and O–H groups in total. The van der Waals surface area contributed by atoms with Crippen LogP contribution in [-0.2, 0) is 53.3 Å². The summed E-state index contributed by atoms with van der Waals surface area (Å²) in [5, 5.41) is 17.9. The largest absolute Gasteiger partial charge is 1.00 e. The van der Waals surface area contributed by atoms with Crippen LogP contribution in [0, 0.1) is 0 Å². The van der Waals surface area contributed by atoms with Gasteiger partial charge in [-0.2, -0.15) is 0 Å². The summed E-state index contributed by atoms with van der Waals surface area (Å²) in [6, 6.07) is 0. The van der Waals surface area contributed by atoms with E-state index in [1.54, 1.807) is 0 Å². The van der Waals surface area contributed by atoms with Crippen LogP contribution in [0.4, 0.5) is 0 Å². The Hall–Kier alpha value is -0.681. The van der Waals surface area contributed by atoms with Gasteiger partial charge in [-0.05, 0) is 0 Å². The Morgan fingerprint density at radius 2 is 0.833 bits per heavy atom. The summed E-state index contributed by atoms with van der Waals surface area (Å²) in [7, 11) is 0. The predicted octanol–water partition coefficient (Wildman–Crippen LogP) is -3.89. The molecule has 0 radical (unpaired) electrons. The standard InChI is InChI=1S/C2H2O4.2CH2O.2Cu/c3-1(4)2(5)6;2*1-2;;/h(H,3,4)(H,5,6);2*1H2;;/q;;;2*+1/p-2. The van der Waals surface area contributed by atoms with Gasteiger partial charge in [0.25, 0.3) is 0 Å². The second-order valence-corrected chi connectivity index (χ2v) is 0.575. The second kappa shape index (κ2) is 31.7. The molecule has 0 aliphatic heterocycles. The Bertz CT molecular complexity index is 102. The summed E-state index contributed by atoms with van der Waals surface area (Å²) in [5.41, 5.74) is 0. The van der Waals surface area contributed by atoms with Crippen LogP contribution in [0.15, 0.2) is 0 Å². The molecule has 0 bridgehead atoms. The van der Waals surface area contributed by atoms with Gasteiger partial charge in [0.05, 0.1) is 11.9 Å². The molecule has 0 amide bonds. The summed E-state index contributed by atoms with van der Waals surface area (Å²) < 4.78 is 0. The van der Waals surface area contributed by atoms with Gasteiger partial charge in [-0.25, -0.2) is 0 Å². The molecule has 12 heavy (non-hydrogen) atoms. The first kappa shape index (κ1) is 30.2. The van der Waals surface area contributed by atoms with Crippen LogP contribution in [0.1, 0.15) is 0 Å². The first-order valence-electron chi connectivity index (χ1n) is 1.64. The van der Waals surface area contributed by atoms with Gasteiger partial charge in [-0.1, -0.05) is 0 Å². The number of aliphatic carboxylic acids is 2. The number of carboxylic acids is 2. The fourth-order valence-electron chi connectivity index (χ4n) is 0. The molecule has 0 aliphatic carbocycles. The van der Waals surface area contributed by atoms with E-state index < -0.39 is 11.9 Å². The minimum Gasteiger partial charge on any atom is -0.543 e. The van der Waals surface area contributed by atoms with Crippen LogP contribution in [0.3, 0.4) is 0 Å².